The Labute approximate surface area is 234 Å². The van der Waals surface area contributed by atoms with Gasteiger partial charge in [0.15, 0.2) is 0 Å². The Morgan fingerprint density at radius 3 is 2.00 bits per heavy atom. The molecule has 0 saturated heterocycles. The van der Waals surface area contributed by atoms with Crippen LogP contribution in [0.25, 0.3) is 0 Å². The van der Waals surface area contributed by atoms with Gasteiger partial charge in [0.2, 0.25) is 11.8 Å². The van der Waals surface area contributed by atoms with Gasteiger partial charge in [0.1, 0.15) is 24.2 Å². The third-order valence-corrected chi connectivity index (χ3v) is 6.36. The van der Waals surface area contributed by atoms with Crippen LogP contribution in [0.4, 0.5) is 4.79 Å². The average molecular weight is 548 g/mol. The second-order valence-corrected chi connectivity index (χ2v) is 11.7. The Kier molecular flexibility index (Phi) is 13.5. The zero-order chi connectivity index (χ0) is 29.9. The molecule has 1 aromatic carbocycles. The largest absolute Gasteiger partial charge is 0.468 e. The smallest absolute Gasteiger partial charge is 0.408 e. The van der Waals surface area contributed by atoms with E-state index in [1.54, 1.807) is 25.7 Å². The number of nitrogens with one attached hydrogen (secondary N) is 2. The number of aryl methyl sites for hydroxylation is 1. The Bertz CT molecular complexity index is 952. The standard InChI is InChI=1S/C30H49N3O6/c1-11-22-14-16-23(17-15-22)26(27(35)31-18-24(34)38-10)33(21(6)13-12-19(2)3)28(36)25(20(4)5)32-29(37)39-30(7,8)9/h14-17,19-21,25-26H,11-13,18H2,1-10H3,(H,31,35)(H,32,37). The van der Waals surface area contributed by atoms with Crippen LogP contribution in [-0.4, -0.2) is 60.1 Å². The van der Waals surface area contributed by atoms with Crippen LogP contribution >= 0.6 is 0 Å². The number of methoxy groups -OCH3 is 1. The molecule has 0 radical (unpaired) electrons. The SMILES string of the molecule is CCc1ccc(C(C(=O)NCC(=O)OC)N(C(=O)C(NC(=O)OC(C)(C)C)C(C)C)C(C)CCC(C)C)cc1. The predicted molar refractivity (Wildman–Crippen MR) is 152 cm³/mol. The van der Waals surface area contributed by atoms with Gasteiger partial charge in [-0.2, -0.15) is 0 Å². The summed E-state index contributed by atoms with van der Waals surface area (Å²) in [7, 11) is 1.24. The highest BCUT2D eigenvalue weighted by Gasteiger charge is 2.40. The first kappa shape index (κ1) is 33.9. The molecule has 39 heavy (non-hydrogen) atoms. The fourth-order valence-electron chi connectivity index (χ4n) is 4.12. The molecule has 220 valence electrons. The molecule has 0 aliphatic rings. The van der Waals surface area contributed by atoms with E-state index in [0.29, 0.717) is 17.9 Å². The van der Waals surface area contributed by atoms with Gasteiger partial charge in [-0.05, 0) is 69.9 Å². The van der Waals surface area contributed by atoms with E-state index < -0.39 is 41.6 Å². The second kappa shape index (κ2) is 15.5. The summed E-state index contributed by atoms with van der Waals surface area (Å²) in [5.74, 6) is -1.40. The predicted octanol–water partition coefficient (Wildman–Crippen LogP) is 4.78. The van der Waals surface area contributed by atoms with Crippen molar-refractivity contribution >= 4 is 23.9 Å². The maximum atomic E-state index is 14.3. The molecule has 2 N–H and O–H groups in total. The minimum Gasteiger partial charge on any atom is -0.468 e. The van der Waals surface area contributed by atoms with Gasteiger partial charge in [-0.25, -0.2) is 4.79 Å². The molecular weight excluding hydrogens is 498 g/mol. The minimum absolute atomic E-state index is 0.286. The maximum Gasteiger partial charge on any atom is 0.408 e. The van der Waals surface area contributed by atoms with Crippen molar-refractivity contribution in [2.75, 3.05) is 13.7 Å². The van der Waals surface area contributed by atoms with E-state index in [0.717, 1.165) is 18.4 Å². The summed E-state index contributed by atoms with van der Waals surface area (Å²) in [6.45, 7) is 16.7. The third kappa shape index (κ3) is 11.3. The Balaban J connectivity index is 3.61. The molecule has 0 aliphatic heterocycles. The molecule has 9 heteroatoms. The van der Waals surface area contributed by atoms with Gasteiger partial charge in [-0.15, -0.1) is 0 Å². The molecule has 0 spiro atoms. The van der Waals surface area contributed by atoms with Crippen LogP contribution in [0.5, 0.6) is 0 Å². The van der Waals surface area contributed by atoms with E-state index in [1.807, 2.05) is 52.0 Å². The van der Waals surface area contributed by atoms with Crippen molar-refractivity contribution in [3.63, 3.8) is 0 Å². The Morgan fingerprint density at radius 1 is 0.949 bits per heavy atom. The van der Waals surface area contributed by atoms with Crippen molar-refractivity contribution in [2.24, 2.45) is 11.8 Å². The van der Waals surface area contributed by atoms with Gasteiger partial charge in [0.25, 0.3) is 0 Å². The lowest BCUT2D eigenvalue weighted by Gasteiger charge is -2.39. The summed E-state index contributed by atoms with van der Waals surface area (Å²) in [5.41, 5.74) is 0.958. The number of nitrogens with zero attached hydrogens (tertiary/aromatic N) is 1. The number of amides is 3. The summed E-state index contributed by atoms with van der Waals surface area (Å²) in [5, 5.41) is 5.37. The molecule has 3 atom stereocenters. The number of rotatable bonds is 13. The Hall–Kier alpha value is -3.10. The minimum atomic E-state index is -1.03. The summed E-state index contributed by atoms with van der Waals surface area (Å²) < 4.78 is 10.1. The number of esters is 1. The van der Waals surface area contributed by atoms with Crippen molar-refractivity contribution in [3.05, 3.63) is 35.4 Å². The topological polar surface area (TPSA) is 114 Å². The van der Waals surface area contributed by atoms with Gasteiger partial charge in [-0.3, -0.25) is 14.4 Å². The number of hydrogen-bond acceptors (Lipinski definition) is 6. The number of carbonyl (C=O) groups excluding carboxylic acids is 4. The molecule has 0 bridgehead atoms. The molecule has 3 amide bonds. The maximum absolute atomic E-state index is 14.3. The van der Waals surface area contributed by atoms with Crippen LogP contribution in [0.1, 0.15) is 92.3 Å². The first-order valence-electron chi connectivity index (χ1n) is 13.9. The van der Waals surface area contributed by atoms with E-state index >= 15 is 0 Å². The second-order valence-electron chi connectivity index (χ2n) is 11.7. The van der Waals surface area contributed by atoms with Gasteiger partial charge in [-0.1, -0.05) is 58.9 Å². The summed E-state index contributed by atoms with van der Waals surface area (Å²) in [6.07, 6.45) is 1.60. The van der Waals surface area contributed by atoms with Crippen LogP contribution < -0.4 is 10.6 Å². The van der Waals surface area contributed by atoms with Crippen molar-refractivity contribution in [3.8, 4) is 0 Å². The van der Waals surface area contributed by atoms with Gasteiger partial charge >= 0.3 is 12.1 Å². The van der Waals surface area contributed by atoms with Gasteiger partial charge in [0.05, 0.1) is 7.11 Å². The van der Waals surface area contributed by atoms with E-state index in [4.69, 9.17) is 9.47 Å². The highest BCUT2D eigenvalue weighted by molar-refractivity contribution is 5.93. The monoisotopic (exact) mass is 547 g/mol. The summed E-state index contributed by atoms with van der Waals surface area (Å²) >= 11 is 0. The summed E-state index contributed by atoms with van der Waals surface area (Å²) in [4.78, 5) is 54.1. The van der Waals surface area contributed by atoms with Gasteiger partial charge < -0.3 is 25.0 Å². The fourth-order valence-corrected chi connectivity index (χ4v) is 4.12. The van der Waals surface area contributed by atoms with Crippen LogP contribution in [0, 0.1) is 11.8 Å². The fraction of sp³-hybridized carbons (Fsp3) is 0.667. The van der Waals surface area contributed by atoms with Crippen molar-refractivity contribution < 1.29 is 28.7 Å². The average Bonchev–Trinajstić information content (AvgIpc) is 2.85. The lowest BCUT2D eigenvalue weighted by atomic mass is 9.94. The zero-order valence-corrected chi connectivity index (χ0v) is 25.4. The quantitative estimate of drug-likeness (QED) is 0.344. The number of ether oxygens (including phenoxy) is 2. The van der Waals surface area contributed by atoms with Crippen molar-refractivity contribution in [2.45, 2.75) is 105 Å². The molecule has 1 aromatic rings. The van der Waals surface area contributed by atoms with E-state index in [9.17, 15) is 19.2 Å². The summed E-state index contributed by atoms with van der Waals surface area (Å²) in [6, 6.07) is 5.21. The first-order valence-corrected chi connectivity index (χ1v) is 13.9. The van der Waals surface area contributed by atoms with Gasteiger partial charge in [0, 0.05) is 6.04 Å². The lowest BCUT2D eigenvalue weighted by molar-refractivity contribution is -0.147. The molecule has 9 nitrogen and oxygen atoms in total. The highest BCUT2D eigenvalue weighted by Crippen LogP contribution is 2.29. The molecule has 0 aliphatic carbocycles. The van der Waals surface area contributed by atoms with E-state index in [-0.39, 0.29) is 18.5 Å². The van der Waals surface area contributed by atoms with E-state index in [1.165, 1.54) is 7.11 Å². The molecule has 0 fully saturated rings. The highest BCUT2D eigenvalue weighted by atomic mass is 16.6. The van der Waals surface area contributed by atoms with E-state index in [2.05, 4.69) is 24.5 Å². The van der Waals surface area contributed by atoms with Crippen LogP contribution in [0.3, 0.4) is 0 Å². The van der Waals surface area contributed by atoms with Crippen LogP contribution in [0.15, 0.2) is 24.3 Å². The van der Waals surface area contributed by atoms with Crippen LogP contribution in [-0.2, 0) is 30.3 Å². The number of benzene rings is 1. The number of carbonyl (C=O) groups is 4. The zero-order valence-electron chi connectivity index (χ0n) is 25.4. The number of alkyl carbamates (subject to hydrolysis) is 1. The van der Waals surface area contributed by atoms with Crippen molar-refractivity contribution in [1.29, 1.82) is 0 Å². The molecule has 1 rings (SSSR count). The lowest BCUT2D eigenvalue weighted by Crippen LogP contribution is -2.57. The Morgan fingerprint density at radius 2 is 1.54 bits per heavy atom. The normalized spacial score (nSPS) is 13.8. The van der Waals surface area contributed by atoms with Crippen molar-refractivity contribution in [1.82, 2.24) is 15.5 Å². The molecular formula is C30H49N3O6. The van der Waals surface area contributed by atoms with Crippen LogP contribution in [0.2, 0.25) is 0 Å². The molecule has 0 aromatic heterocycles. The third-order valence-electron chi connectivity index (χ3n) is 6.36. The molecule has 0 heterocycles. The first-order chi connectivity index (χ1) is 18.1. The number of hydrogen-bond donors (Lipinski definition) is 2. The molecule has 3 unspecified atom stereocenters. The molecule has 0 saturated carbocycles.